The SMILES string of the molecule is CCC(CC)OC(=O)NCC(=O)C(C)(C)C. The zero-order valence-corrected chi connectivity index (χ0v) is 10.9. The maximum Gasteiger partial charge on any atom is 0.407 e. The predicted octanol–water partition coefficient (Wildman–Crippen LogP) is 2.52. The van der Waals surface area contributed by atoms with Gasteiger partial charge in [0, 0.05) is 5.41 Å². The Hall–Kier alpha value is -1.06. The van der Waals surface area contributed by atoms with Crippen LogP contribution in [0.5, 0.6) is 0 Å². The van der Waals surface area contributed by atoms with Gasteiger partial charge in [-0.2, -0.15) is 0 Å². The molecule has 0 saturated heterocycles. The van der Waals surface area contributed by atoms with Crippen molar-refractivity contribution in [3.05, 3.63) is 0 Å². The maximum atomic E-state index is 11.5. The van der Waals surface area contributed by atoms with Crippen molar-refractivity contribution >= 4 is 11.9 Å². The molecule has 16 heavy (non-hydrogen) atoms. The topological polar surface area (TPSA) is 55.4 Å². The Morgan fingerprint density at radius 3 is 2.06 bits per heavy atom. The molecule has 0 radical (unpaired) electrons. The summed E-state index contributed by atoms with van der Waals surface area (Å²) < 4.78 is 5.11. The smallest absolute Gasteiger partial charge is 0.407 e. The van der Waals surface area contributed by atoms with Crippen molar-refractivity contribution in [3.63, 3.8) is 0 Å². The molecule has 4 nitrogen and oxygen atoms in total. The van der Waals surface area contributed by atoms with Crippen LogP contribution in [0.3, 0.4) is 0 Å². The molecule has 0 saturated carbocycles. The number of carbonyl (C=O) groups is 2. The Balaban J connectivity index is 3.95. The van der Waals surface area contributed by atoms with Crippen LogP contribution in [0, 0.1) is 5.41 Å². The van der Waals surface area contributed by atoms with E-state index >= 15 is 0 Å². The number of alkyl carbamates (subject to hydrolysis) is 1. The third kappa shape index (κ3) is 5.73. The van der Waals surface area contributed by atoms with Crippen molar-refractivity contribution in [2.24, 2.45) is 5.41 Å². The molecular formula is C12H23NO3. The van der Waals surface area contributed by atoms with Gasteiger partial charge in [-0.15, -0.1) is 0 Å². The van der Waals surface area contributed by atoms with Crippen LogP contribution in [0.25, 0.3) is 0 Å². The Bertz CT molecular complexity index is 239. The molecule has 0 aromatic carbocycles. The molecule has 1 amide bonds. The minimum Gasteiger partial charge on any atom is -0.446 e. The quantitative estimate of drug-likeness (QED) is 0.788. The van der Waals surface area contributed by atoms with Crippen molar-refractivity contribution in [2.75, 3.05) is 6.54 Å². The Morgan fingerprint density at radius 2 is 1.69 bits per heavy atom. The third-order valence-electron chi connectivity index (χ3n) is 2.41. The molecule has 94 valence electrons. The molecule has 4 heteroatoms. The summed E-state index contributed by atoms with van der Waals surface area (Å²) in [4.78, 5) is 22.8. The van der Waals surface area contributed by atoms with Crippen LogP contribution in [0.4, 0.5) is 4.79 Å². The van der Waals surface area contributed by atoms with Gasteiger partial charge in [0.1, 0.15) is 6.10 Å². The average Bonchev–Trinajstić information content (AvgIpc) is 2.20. The summed E-state index contributed by atoms with van der Waals surface area (Å²) in [5.74, 6) is -0.00556. The van der Waals surface area contributed by atoms with Crippen LogP contribution >= 0.6 is 0 Å². The summed E-state index contributed by atoms with van der Waals surface area (Å²) in [5, 5.41) is 2.48. The van der Waals surface area contributed by atoms with Crippen molar-refractivity contribution in [3.8, 4) is 0 Å². The highest BCUT2D eigenvalue weighted by molar-refractivity contribution is 5.88. The van der Waals surface area contributed by atoms with Crippen LogP contribution in [0.15, 0.2) is 0 Å². The van der Waals surface area contributed by atoms with Gasteiger partial charge in [0.25, 0.3) is 0 Å². The third-order valence-corrected chi connectivity index (χ3v) is 2.41. The van der Waals surface area contributed by atoms with E-state index in [2.05, 4.69) is 5.32 Å². The first kappa shape index (κ1) is 14.9. The number of carbonyl (C=O) groups excluding carboxylic acids is 2. The number of ether oxygens (including phenoxy) is 1. The first-order chi connectivity index (χ1) is 7.31. The van der Waals surface area contributed by atoms with Gasteiger partial charge in [-0.05, 0) is 12.8 Å². The Morgan fingerprint density at radius 1 is 1.19 bits per heavy atom. The summed E-state index contributed by atoms with van der Waals surface area (Å²) in [5.41, 5.74) is -0.428. The Labute approximate surface area is 97.7 Å². The number of ketones is 1. The minimum absolute atomic E-state index is 0.00556. The van der Waals surface area contributed by atoms with Gasteiger partial charge in [0.15, 0.2) is 5.78 Å². The zero-order chi connectivity index (χ0) is 12.8. The van der Waals surface area contributed by atoms with E-state index in [0.717, 1.165) is 12.8 Å². The second-order valence-electron chi connectivity index (χ2n) is 4.87. The molecule has 0 rings (SSSR count). The molecular weight excluding hydrogens is 206 g/mol. The summed E-state index contributed by atoms with van der Waals surface area (Å²) in [6.45, 7) is 9.42. The van der Waals surface area contributed by atoms with E-state index in [1.807, 2.05) is 34.6 Å². The van der Waals surface area contributed by atoms with E-state index in [9.17, 15) is 9.59 Å². The fourth-order valence-electron chi connectivity index (χ4n) is 1.07. The first-order valence-corrected chi connectivity index (χ1v) is 5.79. The molecule has 0 aromatic rings. The molecule has 0 spiro atoms. The fraction of sp³-hybridized carbons (Fsp3) is 0.833. The maximum absolute atomic E-state index is 11.5. The largest absolute Gasteiger partial charge is 0.446 e. The highest BCUT2D eigenvalue weighted by Gasteiger charge is 2.21. The molecule has 0 bridgehead atoms. The van der Waals surface area contributed by atoms with Crippen molar-refractivity contribution in [1.29, 1.82) is 0 Å². The van der Waals surface area contributed by atoms with E-state index in [4.69, 9.17) is 4.74 Å². The Kier molecular flexibility index (Phi) is 6.08. The molecule has 0 aliphatic carbocycles. The normalized spacial score (nSPS) is 11.4. The first-order valence-electron chi connectivity index (χ1n) is 5.79. The molecule has 0 fully saturated rings. The number of amides is 1. The van der Waals surface area contributed by atoms with Crippen LogP contribution in [-0.4, -0.2) is 24.5 Å². The number of hydrogen-bond donors (Lipinski definition) is 1. The lowest BCUT2D eigenvalue weighted by Crippen LogP contribution is -2.37. The average molecular weight is 229 g/mol. The summed E-state index contributed by atoms with van der Waals surface area (Å²) in [6, 6.07) is 0. The monoisotopic (exact) mass is 229 g/mol. The molecule has 0 unspecified atom stereocenters. The summed E-state index contributed by atoms with van der Waals surface area (Å²) >= 11 is 0. The highest BCUT2D eigenvalue weighted by atomic mass is 16.6. The minimum atomic E-state index is -0.508. The summed E-state index contributed by atoms with van der Waals surface area (Å²) in [6.07, 6.45) is 1.00. The van der Waals surface area contributed by atoms with Gasteiger partial charge < -0.3 is 10.1 Å². The van der Waals surface area contributed by atoms with Crippen LogP contribution in [0.1, 0.15) is 47.5 Å². The predicted molar refractivity (Wildman–Crippen MR) is 63.3 cm³/mol. The summed E-state index contributed by atoms with van der Waals surface area (Å²) in [7, 11) is 0. The fourth-order valence-corrected chi connectivity index (χ4v) is 1.07. The van der Waals surface area contributed by atoms with Gasteiger partial charge in [-0.1, -0.05) is 34.6 Å². The molecule has 1 N–H and O–H groups in total. The number of Topliss-reactive ketones (excluding diaryl/α,β-unsaturated/α-hetero) is 1. The van der Waals surface area contributed by atoms with E-state index in [1.54, 1.807) is 0 Å². The zero-order valence-electron chi connectivity index (χ0n) is 10.9. The van der Waals surface area contributed by atoms with Gasteiger partial charge in [-0.25, -0.2) is 4.79 Å². The lowest BCUT2D eigenvalue weighted by atomic mass is 9.91. The van der Waals surface area contributed by atoms with E-state index in [1.165, 1.54) is 0 Å². The second kappa shape index (κ2) is 6.51. The van der Waals surface area contributed by atoms with Gasteiger partial charge in [-0.3, -0.25) is 4.79 Å². The van der Waals surface area contributed by atoms with Crippen molar-refractivity contribution < 1.29 is 14.3 Å². The number of rotatable bonds is 5. The molecule has 0 heterocycles. The van der Waals surface area contributed by atoms with Crippen molar-refractivity contribution in [2.45, 2.75) is 53.6 Å². The van der Waals surface area contributed by atoms with Crippen molar-refractivity contribution in [1.82, 2.24) is 5.32 Å². The van der Waals surface area contributed by atoms with Gasteiger partial charge in [0.2, 0.25) is 0 Å². The molecule has 0 atom stereocenters. The number of hydrogen-bond acceptors (Lipinski definition) is 3. The lowest BCUT2D eigenvalue weighted by Gasteiger charge is -2.18. The molecule has 0 aliphatic heterocycles. The van der Waals surface area contributed by atoms with Crippen LogP contribution < -0.4 is 5.32 Å². The van der Waals surface area contributed by atoms with Gasteiger partial charge in [0.05, 0.1) is 6.54 Å². The van der Waals surface area contributed by atoms with Crippen LogP contribution in [-0.2, 0) is 9.53 Å². The lowest BCUT2D eigenvalue weighted by molar-refractivity contribution is -0.125. The standard InChI is InChI=1S/C12H23NO3/c1-6-9(7-2)16-11(15)13-8-10(14)12(3,4)5/h9H,6-8H2,1-5H3,(H,13,15). The van der Waals surface area contributed by atoms with E-state index < -0.39 is 11.5 Å². The number of nitrogens with one attached hydrogen (secondary N) is 1. The second-order valence-corrected chi connectivity index (χ2v) is 4.87. The van der Waals surface area contributed by atoms with E-state index in [-0.39, 0.29) is 18.4 Å². The highest BCUT2D eigenvalue weighted by Crippen LogP contribution is 2.13. The van der Waals surface area contributed by atoms with Gasteiger partial charge >= 0.3 is 6.09 Å². The van der Waals surface area contributed by atoms with Crippen LogP contribution in [0.2, 0.25) is 0 Å². The molecule has 0 aromatic heterocycles. The molecule has 0 aliphatic rings. The van der Waals surface area contributed by atoms with E-state index in [0.29, 0.717) is 0 Å².